The molecule has 12 nitrogen and oxygen atoms in total. The first-order chi connectivity index (χ1) is 14.6. The van der Waals surface area contributed by atoms with Gasteiger partial charge in [0.1, 0.15) is 0 Å². The SMILES string of the molecule is CCN(CC)CC(O)CCNc1ccnc2cc(Cl)ccc12.O=P([O-])([O-])[O-].O=P([O-])([O-])[O-]. The standard InChI is InChI=1S/C17H24ClN3O.2H3O4P/c1-3-21(4-2)12-14(22)7-9-19-16-8-10-20-17-11-13(18)5-6-15(16)17;2*1-5(2,3)4/h5-6,8,10-11,14,22H,3-4,7,9,12H2,1-2H3,(H,19,20);2*(H3,1,2,3,4)/p-6. The number of rotatable bonds is 8. The van der Waals surface area contributed by atoms with Crippen molar-refractivity contribution in [2.24, 2.45) is 0 Å². The molecule has 0 aliphatic rings. The number of anilines is 1. The van der Waals surface area contributed by atoms with Gasteiger partial charge in [-0.05, 0) is 43.8 Å². The Hall–Kier alpha value is -1.14. The molecule has 0 aliphatic heterocycles. The number of aromatic nitrogens is 1. The molecule has 1 aromatic carbocycles. The first kappa shape index (κ1) is 30.9. The molecule has 1 unspecified atom stereocenters. The Kier molecular flexibility index (Phi) is 14.4. The van der Waals surface area contributed by atoms with Gasteiger partial charge in [-0.3, -0.25) is 4.98 Å². The van der Waals surface area contributed by atoms with E-state index >= 15 is 0 Å². The molecular formula is C17H24ClN3O9P2-6. The Labute approximate surface area is 191 Å². The molecular weight excluding hydrogens is 488 g/mol. The van der Waals surface area contributed by atoms with Gasteiger partial charge < -0.3 is 53.8 Å². The number of nitrogens with zero attached hydrogens (tertiary/aromatic N) is 2. The van der Waals surface area contributed by atoms with E-state index in [2.05, 4.69) is 29.0 Å². The van der Waals surface area contributed by atoms with E-state index in [4.69, 9.17) is 50.1 Å². The quantitative estimate of drug-likeness (QED) is 0.358. The van der Waals surface area contributed by atoms with Gasteiger partial charge in [-0.1, -0.05) is 25.4 Å². The van der Waals surface area contributed by atoms with E-state index in [0.717, 1.165) is 42.8 Å². The van der Waals surface area contributed by atoms with E-state index < -0.39 is 15.6 Å². The minimum atomic E-state index is -5.39. The first-order valence-corrected chi connectivity index (χ1v) is 12.6. The second-order valence-corrected chi connectivity index (χ2v) is 8.49. The van der Waals surface area contributed by atoms with Crippen molar-refractivity contribution in [3.63, 3.8) is 0 Å². The molecule has 2 aromatic rings. The topological polar surface area (TPSA) is 221 Å². The fourth-order valence-electron chi connectivity index (χ4n) is 2.52. The number of aliphatic hydroxyl groups is 1. The molecule has 184 valence electrons. The summed E-state index contributed by atoms with van der Waals surface area (Å²) in [5, 5.41) is 15.2. The predicted octanol–water partition coefficient (Wildman–Crippen LogP) is -2.26. The highest BCUT2D eigenvalue weighted by atomic mass is 35.5. The van der Waals surface area contributed by atoms with Gasteiger partial charge >= 0.3 is 0 Å². The van der Waals surface area contributed by atoms with Gasteiger partial charge in [0.2, 0.25) is 0 Å². The molecule has 0 bridgehead atoms. The summed E-state index contributed by atoms with van der Waals surface area (Å²) in [5.74, 6) is 0. The fraction of sp³-hybridized carbons (Fsp3) is 0.471. The van der Waals surface area contributed by atoms with Crippen molar-refractivity contribution >= 4 is 43.8 Å². The van der Waals surface area contributed by atoms with Crippen molar-refractivity contribution in [2.45, 2.75) is 26.4 Å². The number of likely N-dealkylation sites (N-methyl/N-ethyl adjacent to an activating group) is 1. The van der Waals surface area contributed by atoms with Crippen LogP contribution in [0.25, 0.3) is 10.9 Å². The molecule has 0 saturated carbocycles. The van der Waals surface area contributed by atoms with E-state index in [0.29, 0.717) is 11.4 Å². The van der Waals surface area contributed by atoms with Crippen LogP contribution in [-0.4, -0.2) is 47.3 Å². The van der Waals surface area contributed by atoms with Crippen LogP contribution in [0.1, 0.15) is 20.3 Å². The van der Waals surface area contributed by atoms with E-state index in [1.54, 1.807) is 6.20 Å². The van der Waals surface area contributed by atoms with Gasteiger partial charge in [0.25, 0.3) is 0 Å². The van der Waals surface area contributed by atoms with Crippen molar-refractivity contribution in [1.29, 1.82) is 0 Å². The molecule has 2 N–H and O–H groups in total. The predicted molar refractivity (Wildman–Crippen MR) is 109 cm³/mol. The number of hydrogen-bond acceptors (Lipinski definition) is 12. The number of hydrogen-bond donors (Lipinski definition) is 2. The summed E-state index contributed by atoms with van der Waals surface area (Å²) in [6.07, 6.45) is 2.18. The molecule has 2 rings (SSSR count). The molecule has 15 heteroatoms. The zero-order valence-electron chi connectivity index (χ0n) is 17.4. The van der Waals surface area contributed by atoms with Gasteiger partial charge in [0, 0.05) is 35.4 Å². The van der Waals surface area contributed by atoms with Crippen LogP contribution >= 0.6 is 27.2 Å². The van der Waals surface area contributed by atoms with Crippen LogP contribution in [0.15, 0.2) is 30.5 Å². The molecule has 32 heavy (non-hydrogen) atoms. The number of pyridine rings is 1. The number of fused-ring (bicyclic) bond motifs is 1. The molecule has 1 heterocycles. The largest absolute Gasteiger partial charge is 0.822 e. The van der Waals surface area contributed by atoms with Crippen LogP contribution in [0.5, 0.6) is 0 Å². The Morgan fingerprint density at radius 2 is 1.59 bits per heavy atom. The summed E-state index contributed by atoms with van der Waals surface area (Å²) in [7, 11) is -10.8. The lowest BCUT2D eigenvalue weighted by molar-refractivity contribution is -0.434. The Morgan fingerprint density at radius 3 is 2.09 bits per heavy atom. The Bertz CT molecular complexity index is 869. The molecule has 1 atom stereocenters. The fourth-order valence-corrected chi connectivity index (χ4v) is 2.69. The number of nitrogens with one attached hydrogen (secondary N) is 1. The zero-order chi connectivity index (χ0) is 24.9. The lowest BCUT2D eigenvalue weighted by Gasteiger charge is -2.36. The van der Waals surface area contributed by atoms with E-state index in [1.807, 2.05) is 24.3 Å². The van der Waals surface area contributed by atoms with E-state index in [9.17, 15) is 5.11 Å². The highest BCUT2D eigenvalue weighted by molar-refractivity contribution is 7.40. The Balaban J connectivity index is 0.000000805. The Morgan fingerprint density at radius 1 is 1.06 bits per heavy atom. The van der Waals surface area contributed by atoms with Gasteiger partial charge in [-0.15, -0.1) is 0 Å². The second kappa shape index (κ2) is 14.9. The minimum Gasteiger partial charge on any atom is -0.822 e. The van der Waals surface area contributed by atoms with Crippen LogP contribution in [0.4, 0.5) is 5.69 Å². The average molecular weight is 512 g/mol. The maximum atomic E-state index is 10.1. The maximum Gasteiger partial charge on any atom is 0.0737 e. The molecule has 0 radical (unpaired) electrons. The maximum absolute atomic E-state index is 10.1. The van der Waals surface area contributed by atoms with Crippen molar-refractivity contribution in [1.82, 2.24) is 9.88 Å². The molecule has 0 aliphatic carbocycles. The van der Waals surface area contributed by atoms with Crippen LogP contribution in [0.2, 0.25) is 5.02 Å². The van der Waals surface area contributed by atoms with Crippen LogP contribution in [0.3, 0.4) is 0 Å². The highest BCUT2D eigenvalue weighted by Gasteiger charge is 2.09. The van der Waals surface area contributed by atoms with E-state index in [1.165, 1.54) is 0 Å². The molecule has 1 aromatic heterocycles. The smallest absolute Gasteiger partial charge is 0.0737 e. The second-order valence-electron chi connectivity index (χ2n) is 6.27. The summed E-state index contributed by atoms with van der Waals surface area (Å²) in [6, 6.07) is 7.65. The molecule has 0 amide bonds. The van der Waals surface area contributed by atoms with Crippen molar-refractivity contribution < 1.29 is 43.6 Å². The van der Waals surface area contributed by atoms with Gasteiger partial charge in [0.15, 0.2) is 0 Å². The van der Waals surface area contributed by atoms with Crippen molar-refractivity contribution in [2.75, 3.05) is 31.5 Å². The van der Waals surface area contributed by atoms with Gasteiger partial charge in [-0.25, -0.2) is 0 Å². The summed E-state index contributed by atoms with van der Waals surface area (Å²) >= 11 is 5.99. The van der Waals surface area contributed by atoms with Crippen LogP contribution in [-0.2, 0) is 9.13 Å². The summed E-state index contributed by atoms with van der Waals surface area (Å²) in [4.78, 5) is 57.8. The van der Waals surface area contributed by atoms with Gasteiger partial charge in [0.05, 0.1) is 11.6 Å². The lowest BCUT2D eigenvalue weighted by Crippen LogP contribution is -2.33. The zero-order valence-corrected chi connectivity index (χ0v) is 19.9. The van der Waals surface area contributed by atoms with Crippen LogP contribution < -0.4 is 34.7 Å². The lowest BCUT2D eigenvalue weighted by atomic mass is 10.1. The number of halogens is 1. The number of benzene rings is 1. The molecule has 0 fully saturated rings. The monoisotopic (exact) mass is 511 g/mol. The third kappa shape index (κ3) is 17.4. The summed E-state index contributed by atoms with van der Waals surface area (Å²) in [6.45, 7) is 7.62. The van der Waals surface area contributed by atoms with Gasteiger partial charge in [-0.2, -0.15) is 15.6 Å². The average Bonchev–Trinajstić information content (AvgIpc) is 2.63. The third-order valence-corrected chi connectivity index (χ3v) is 4.10. The number of aliphatic hydroxyl groups excluding tert-OH is 1. The van der Waals surface area contributed by atoms with Crippen LogP contribution in [0, 0.1) is 0 Å². The summed E-state index contributed by atoms with van der Waals surface area (Å²) in [5.41, 5.74) is 1.90. The molecule has 0 saturated heterocycles. The van der Waals surface area contributed by atoms with Crippen molar-refractivity contribution in [3.8, 4) is 0 Å². The third-order valence-electron chi connectivity index (χ3n) is 3.86. The number of phosphoric acid groups is 2. The highest BCUT2D eigenvalue weighted by Crippen LogP contribution is 2.24. The first-order valence-electron chi connectivity index (χ1n) is 9.28. The normalized spacial score (nSPS) is 12.5. The molecule has 0 spiro atoms. The van der Waals surface area contributed by atoms with E-state index in [-0.39, 0.29) is 6.10 Å². The van der Waals surface area contributed by atoms with Crippen molar-refractivity contribution in [3.05, 3.63) is 35.5 Å². The summed E-state index contributed by atoms with van der Waals surface area (Å²) < 4.78 is 17.1. The minimum absolute atomic E-state index is 0.310.